The van der Waals surface area contributed by atoms with Gasteiger partial charge in [-0.3, -0.25) is 14.4 Å². The predicted molar refractivity (Wildman–Crippen MR) is 137 cm³/mol. The van der Waals surface area contributed by atoms with Gasteiger partial charge in [-0.05, 0) is 46.5 Å². The van der Waals surface area contributed by atoms with Crippen molar-refractivity contribution in [3.05, 3.63) is 34.9 Å². The smallest absolute Gasteiger partial charge is 0.330 e. The van der Waals surface area contributed by atoms with Gasteiger partial charge in [-0.25, -0.2) is 14.4 Å². The summed E-state index contributed by atoms with van der Waals surface area (Å²) in [7, 11) is 0. The number of aliphatic hydroxyl groups is 1. The third-order valence-corrected chi connectivity index (χ3v) is 3.95. The Kier molecular flexibility index (Phi) is 36.2. The molecule has 0 heterocycles. The van der Waals surface area contributed by atoms with Crippen molar-refractivity contribution < 1.29 is 86.2 Å². The summed E-state index contributed by atoms with van der Waals surface area (Å²) in [5.41, 5.74) is 0.559. The molecule has 39 heavy (non-hydrogen) atoms. The number of rotatable bonds is 14. The van der Waals surface area contributed by atoms with Gasteiger partial charge in [-0.2, -0.15) is 0 Å². The van der Waals surface area contributed by atoms with Crippen molar-refractivity contribution in [1.82, 2.24) is 0 Å². The molecule has 0 unspecified atom stereocenters. The van der Waals surface area contributed by atoms with Crippen molar-refractivity contribution in [1.29, 1.82) is 0 Å². The van der Waals surface area contributed by atoms with E-state index >= 15 is 0 Å². The molecule has 0 aromatic rings. The molecule has 0 rings (SSSR count). The van der Waals surface area contributed by atoms with Gasteiger partial charge in [0.2, 0.25) is 0 Å². The van der Waals surface area contributed by atoms with Gasteiger partial charge >= 0.3 is 35.8 Å². The van der Waals surface area contributed by atoms with Crippen molar-refractivity contribution in [3.63, 3.8) is 0 Å². The first kappa shape index (κ1) is 45.6. The molecule has 0 amide bonds. The molecule has 0 aliphatic heterocycles. The number of aliphatic hydroxyl groups excluding tert-OH is 1. The molecule has 13 nitrogen and oxygen atoms in total. The molecule has 0 bridgehead atoms. The topological polar surface area (TPSA) is 244 Å². The average molecular weight is 596 g/mol. The molecule has 0 saturated heterocycles. The van der Waals surface area contributed by atoms with Crippen LogP contribution in [0.5, 0.6) is 0 Å². The molecular formula is C25H40O13Ti. The van der Waals surface area contributed by atoms with Gasteiger partial charge < -0.3 is 35.7 Å². The van der Waals surface area contributed by atoms with Crippen LogP contribution in [0.25, 0.3) is 0 Å². The van der Waals surface area contributed by atoms with Crippen molar-refractivity contribution in [2.24, 2.45) is 0 Å². The van der Waals surface area contributed by atoms with Crippen LogP contribution in [-0.2, 0) is 50.5 Å². The zero-order chi connectivity index (χ0) is 30.7. The standard InChI is InChI=1S/3C7H10O4.C4H10O.Ti/c3*1-5(7(10)11)3-2-4-6(8)9;1-2-3-4-5;/h3*3H,2,4H2,1H3,(H,8,9)(H,10,11);5H,2-4H2,1H3;. The minimum atomic E-state index is -1.00. The van der Waals surface area contributed by atoms with Crippen LogP contribution in [0.15, 0.2) is 34.9 Å². The van der Waals surface area contributed by atoms with Gasteiger partial charge in [0.1, 0.15) is 0 Å². The Balaban J connectivity index is -0.000000135. The zero-order valence-corrected chi connectivity index (χ0v) is 24.2. The van der Waals surface area contributed by atoms with Crippen LogP contribution >= 0.6 is 0 Å². The fourth-order valence-electron chi connectivity index (χ4n) is 1.66. The van der Waals surface area contributed by atoms with Gasteiger partial charge in [-0.15, -0.1) is 0 Å². The van der Waals surface area contributed by atoms with Crippen LogP contribution in [-0.4, -0.2) is 78.2 Å². The van der Waals surface area contributed by atoms with Crippen LogP contribution < -0.4 is 0 Å². The van der Waals surface area contributed by atoms with Crippen LogP contribution in [0.2, 0.25) is 0 Å². The second-order valence-electron chi connectivity index (χ2n) is 7.45. The first-order chi connectivity index (χ1) is 17.5. The Bertz CT molecular complexity index is 736. The van der Waals surface area contributed by atoms with E-state index in [0.29, 0.717) is 6.61 Å². The number of unbranched alkanes of at least 4 members (excludes halogenated alkanes) is 1. The largest absolute Gasteiger partial charge is 0.481 e. The Hall–Kier alpha value is -3.29. The van der Waals surface area contributed by atoms with Crippen LogP contribution in [0, 0.1) is 0 Å². The Morgan fingerprint density at radius 2 is 0.769 bits per heavy atom. The first-order valence-corrected chi connectivity index (χ1v) is 11.5. The van der Waals surface area contributed by atoms with Gasteiger partial charge in [0.15, 0.2) is 0 Å². The Labute approximate surface area is 242 Å². The molecule has 0 aromatic carbocycles. The summed E-state index contributed by atoms with van der Waals surface area (Å²) < 4.78 is 0. The maximum absolute atomic E-state index is 10.2. The molecule has 7 N–H and O–H groups in total. The maximum Gasteiger partial charge on any atom is 0.330 e. The van der Waals surface area contributed by atoms with Crippen molar-refractivity contribution >= 4 is 35.8 Å². The minimum absolute atomic E-state index is 0. The third-order valence-electron chi connectivity index (χ3n) is 3.95. The number of carbonyl (C=O) groups is 6. The van der Waals surface area contributed by atoms with Crippen LogP contribution in [0.3, 0.4) is 0 Å². The molecule has 0 saturated carbocycles. The van der Waals surface area contributed by atoms with E-state index in [2.05, 4.69) is 6.92 Å². The quantitative estimate of drug-likeness (QED) is 0.112. The van der Waals surface area contributed by atoms with E-state index in [1.807, 2.05) is 0 Å². The van der Waals surface area contributed by atoms with E-state index in [-0.39, 0.29) is 77.0 Å². The fourth-order valence-corrected chi connectivity index (χ4v) is 1.66. The zero-order valence-electron chi connectivity index (χ0n) is 22.7. The second kappa shape index (κ2) is 30.9. The molecular weight excluding hydrogens is 556 g/mol. The Morgan fingerprint density at radius 3 is 0.872 bits per heavy atom. The van der Waals surface area contributed by atoms with E-state index in [1.165, 1.54) is 39.0 Å². The first-order valence-electron chi connectivity index (χ1n) is 11.5. The minimum Gasteiger partial charge on any atom is -0.481 e. The molecule has 222 valence electrons. The van der Waals surface area contributed by atoms with Crippen molar-refractivity contribution in [2.45, 2.75) is 79.1 Å². The molecule has 0 radical (unpaired) electrons. The van der Waals surface area contributed by atoms with Gasteiger partial charge in [-0.1, -0.05) is 31.6 Å². The number of allylic oxidation sites excluding steroid dienone is 3. The molecule has 0 aliphatic rings. The number of hydrogen-bond acceptors (Lipinski definition) is 7. The molecule has 14 heteroatoms. The number of carboxylic acids is 6. The van der Waals surface area contributed by atoms with E-state index in [0.717, 1.165) is 12.8 Å². The summed E-state index contributed by atoms with van der Waals surface area (Å²) in [5.74, 6) is -5.76. The fraction of sp³-hybridized carbons (Fsp3) is 0.520. The summed E-state index contributed by atoms with van der Waals surface area (Å²) in [6, 6.07) is 0. The second-order valence-corrected chi connectivity index (χ2v) is 7.45. The van der Waals surface area contributed by atoms with Gasteiger partial charge in [0.05, 0.1) is 0 Å². The molecule has 0 aromatic heterocycles. The molecule has 0 fully saturated rings. The monoisotopic (exact) mass is 596 g/mol. The summed E-state index contributed by atoms with van der Waals surface area (Å²) in [4.78, 5) is 60.4. The van der Waals surface area contributed by atoms with E-state index in [9.17, 15) is 28.8 Å². The molecule has 0 aliphatic carbocycles. The third kappa shape index (κ3) is 45.1. The van der Waals surface area contributed by atoms with Gasteiger partial charge in [0, 0.05) is 64.3 Å². The Morgan fingerprint density at radius 1 is 0.538 bits per heavy atom. The summed E-state index contributed by atoms with van der Waals surface area (Å²) in [6.45, 7) is 6.70. The summed E-state index contributed by atoms with van der Waals surface area (Å²) >= 11 is 0. The molecule has 0 atom stereocenters. The van der Waals surface area contributed by atoms with E-state index in [4.69, 9.17) is 35.7 Å². The predicted octanol–water partition coefficient (Wildman–Crippen LogP) is 3.42. The number of aliphatic carboxylic acids is 6. The summed E-state index contributed by atoms with van der Waals surface area (Å²) in [5, 5.41) is 57.6. The normalized spacial score (nSPS) is 10.5. The molecule has 0 spiro atoms. The average Bonchev–Trinajstić information content (AvgIpc) is 2.79. The maximum atomic E-state index is 10.2. The van der Waals surface area contributed by atoms with Crippen LogP contribution in [0.1, 0.15) is 79.1 Å². The van der Waals surface area contributed by atoms with Crippen molar-refractivity contribution in [3.8, 4) is 0 Å². The van der Waals surface area contributed by atoms with E-state index < -0.39 is 35.8 Å². The SMILES string of the molecule is CC(=CCCC(=O)O)C(=O)O.CC(=CCCC(=O)O)C(=O)O.CC(=CCCC(=O)O)C(=O)O.CCCCO.[Ti]. The number of hydrogen-bond donors (Lipinski definition) is 7. The van der Waals surface area contributed by atoms with Crippen molar-refractivity contribution in [2.75, 3.05) is 6.61 Å². The summed E-state index contributed by atoms with van der Waals surface area (Å²) in [6.07, 6.45) is 6.98. The van der Waals surface area contributed by atoms with Crippen LogP contribution in [0.4, 0.5) is 0 Å². The van der Waals surface area contributed by atoms with E-state index in [1.54, 1.807) is 0 Å². The number of carboxylic acid groups (broad SMARTS) is 6. The van der Waals surface area contributed by atoms with Gasteiger partial charge in [0.25, 0.3) is 0 Å².